The van der Waals surface area contributed by atoms with Crippen LogP contribution in [0.3, 0.4) is 0 Å². The SMILES string of the molecule is COC(=O)C(C)NOC1CCCC1. The predicted molar refractivity (Wildman–Crippen MR) is 48.0 cm³/mol. The van der Waals surface area contributed by atoms with Gasteiger partial charge < -0.3 is 4.74 Å². The van der Waals surface area contributed by atoms with Gasteiger partial charge in [0.05, 0.1) is 13.2 Å². The highest BCUT2D eigenvalue weighted by Crippen LogP contribution is 2.19. The van der Waals surface area contributed by atoms with Gasteiger partial charge in [0.25, 0.3) is 0 Å². The van der Waals surface area contributed by atoms with Crippen molar-refractivity contribution in [3.63, 3.8) is 0 Å². The van der Waals surface area contributed by atoms with Gasteiger partial charge in [0.2, 0.25) is 0 Å². The lowest BCUT2D eigenvalue weighted by atomic mass is 10.3. The number of hydroxylamine groups is 1. The Balaban J connectivity index is 2.13. The maximum absolute atomic E-state index is 11.0. The summed E-state index contributed by atoms with van der Waals surface area (Å²) < 4.78 is 4.55. The minimum Gasteiger partial charge on any atom is -0.468 e. The second kappa shape index (κ2) is 5.19. The van der Waals surface area contributed by atoms with Crippen molar-refractivity contribution in [2.24, 2.45) is 0 Å². The summed E-state index contributed by atoms with van der Waals surface area (Å²) in [5.74, 6) is -0.294. The molecule has 0 aromatic heterocycles. The molecule has 0 saturated heterocycles. The largest absolute Gasteiger partial charge is 0.468 e. The van der Waals surface area contributed by atoms with Crippen molar-refractivity contribution in [1.82, 2.24) is 5.48 Å². The second-order valence-corrected chi connectivity index (χ2v) is 3.39. The molecular weight excluding hydrogens is 170 g/mol. The average Bonchev–Trinajstić information content (AvgIpc) is 2.65. The van der Waals surface area contributed by atoms with Crippen molar-refractivity contribution < 1.29 is 14.4 Å². The highest BCUT2D eigenvalue weighted by atomic mass is 16.7. The van der Waals surface area contributed by atoms with Crippen LogP contribution in [0.4, 0.5) is 0 Å². The molecule has 4 heteroatoms. The Morgan fingerprint density at radius 3 is 2.62 bits per heavy atom. The lowest BCUT2D eigenvalue weighted by Gasteiger charge is -2.15. The van der Waals surface area contributed by atoms with Gasteiger partial charge in [-0.05, 0) is 19.8 Å². The van der Waals surface area contributed by atoms with Crippen molar-refractivity contribution >= 4 is 5.97 Å². The zero-order valence-electron chi connectivity index (χ0n) is 8.21. The highest BCUT2D eigenvalue weighted by Gasteiger charge is 2.19. The zero-order chi connectivity index (χ0) is 9.68. The van der Waals surface area contributed by atoms with Crippen LogP contribution in [-0.4, -0.2) is 25.2 Å². The molecule has 76 valence electrons. The summed E-state index contributed by atoms with van der Waals surface area (Å²) in [5.41, 5.74) is 2.70. The first-order chi connectivity index (χ1) is 6.24. The lowest BCUT2D eigenvalue weighted by Crippen LogP contribution is -2.37. The number of hydrogen-bond donors (Lipinski definition) is 1. The Kier molecular flexibility index (Phi) is 4.18. The number of rotatable bonds is 4. The van der Waals surface area contributed by atoms with E-state index in [9.17, 15) is 4.79 Å². The molecule has 1 aliphatic carbocycles. The predicted octanol–water partition coefficient (Wildman–Crippen LogP) is 1.01. The van der Waals surface area contributed by atoms with Crippen LogP contribution in [0.1, 0.15) is 32.6 Å². The minimum absolute atomic E-state index is 0.270. The minimum atomic E-state index is -0.384. The van der Waals surface area contributed by atoms with E-state index in [1.807, 2.05) is 0 Å². The fourth-order valence-electron chi connectivity index (χ4n) is 1.43. The molecule has 1 atom stereocenters. The molecule has 0 aromatic carbocycles. The number of carbonyl (C=O) groups is 1. The number of hydrogen-bond acceptors (Lipinski definition) is 4. The topological polar surface area (TPSA) is 47.6 Å². The zero-order valence-corrected chi connectivity index (χ0v) is 8.21. The number of esters is 1. The van der Waals surface area contributed by atoms with Gasteiger partial charge in [-0.1, -0.05) is 12.8 Å². The molecule has 1 rings (SSSR count). The van der Waals surface area contributed by atoms with E-state index in [0.29, 0.717) is 0 Å². The van der Waals surface area contributed by atoms with Crippen molar-refractivity contribution in [1.29, 1.82) is 0 Å². The molecule has 1 fully saturated rings. The van der Waals surface area contributed by atoms with Crippen molar-refractivity contribution in [3.05, 3.63) is 0 Å². The fraction of sp³-hybridized carbons (Fsp3) is 0.889. The van der Waals surface area contributed by atoms with Crippen LogP contribution in [0.2, 0.25) is 0 Å². The average molecular weight is 187 g/mol. The smallest absolute Gasteiger partial charge is 0.324 e. The number of methoxy groups -OCH3 is 1. The third kappa shape index (κ3) is 3.32. The number of carbonyl (C=O) groups excluding carboxylic acids is 1. The molecule has 4 nitrogen and oxygen atoms in total. The molecule has 0 radical (unpaired) electrons. The number of nitrogens with one attached hydrogen (secondary N) is 1. The molecule has 0 amide bonds. The Hall–Kier alpha value is -0.610. The van der Waals surface area contributed by atoms with Crippen LogP contribution in [0.5, 0.6) is 0 Å². The van der Waals surface area contributed by atoms with E-state index < -0.39 is 0 Å². The van der Waals surface area contributed by atoms with E-state index in [1.54, 1.807) is 6.92 Å². The number of ether oxygens (including phenoxy) is 1. The second-order valence-electron chi connectivity index (χ2n) is 3.39. The van der Waals surface area contributed by atoms with Crippen LogP contribution >= 0.6 is 0 Å². The van der Waals surface area contributed by atoms with E-state index in [4.69, 9.17) is 4.84 Å². The fourth-order valence-corrected chi connectivity index (χ4v) is 1.43. The van der Waals surface area contributed by atoms with Crippen molar-refractivity contribution in [2.75, 3.05) is 7.11 Å². The summed E-state index contributed by atoms with van der Waals surface area (Å²) in [7, 11) is 1.37. The normalized spacial score (nSPS) is 20.2. The monoisotopic (exact) mass is 187 g/mol. The molecule has 0 aliphatic heterocycles. The van der Waals surface area contributed by atoms with E-state index >= 15 is 0 Å². The van der Waals surface area contributed by atoms with Gasteiger partial charge in [-0.2, -0.15) is 5.48 Å². The highest BCUT2D eigenvalue weighted by molar-refractivity contribution is 5.74. The first kappa shape index (κ1) is 10.5. The van der Waals surface area contributed by atoms with Gasteiger partial charge in [-0.25, -0.2) is 0 Å². The lowest BCUT2D eigenvalue weighted by molar-refractivity contribution is -0.148. The summed E-state index contributed by atoms with van der Waals surface area (Å²) in [6.07, 6.45) is 4.88. The molecule has 0 bridgehead atoms. The van der Waals surface area contributed by atoms with Gasteiger partial charge in [0.1, 0.15) is 6.04 Å². The Morgan fingerprint density at radius 2 is 2.08 bits per heavy atom. The maximum atomic E-state index is 11.0. The first-order valence-corrected chi connectivity index (χ1v) is 4.73. The molecule has 0 aromatic rings. The van der Waals surface area contributed by atoms with E-state index in [0.717, 1.165) is 12.8 Å². The molecule has 0 spiro atoms. The molecule has 1 unspecified atom stereocenters. The van der Waals surface area contributed by atoms with Crippen LogP contribution in [-0.2, 0) is 14.4 Å². The molecule has 1 saturated carbocycles. The van der Waals surface area contributed by atoms with Crippen molar-refractivity contribution in [2.45, 2.75) is 44.8 Å². The maximum Gasteiger partial charge on any atom is 0.324 e. The van der Waals surface area contributed by atoms with Crippen molar-refractivity contribution in [3.8, 4) is 0 Å². The van der Waals surface area contributed by atoms with Crippen LogP contribution in [0.15, 0.2) is 0 Å². The summed E-state index contributed by atoms with van der Waals surface area (Å²) in [6.45, 7) is 1.72. The van der Waals surface area contributed by atoms with Gasteiger partial charge in [0.15, 0.2) is 0 Å². The standard InChI is InChI=1S/C9H17NO3/c1-7(9(11)12-2)10-13-8-5-3-4-6-8/h7-8,10H,3-6H2,1-2H3. The summed E-state index contributed by atoms with van der Waals surface area (Å²) in [6, 6.07) is -0.384. The molecule has 13 heavy (non-hydrogen) atoms. The van der Waals surface area contributed by atoms with E-state index in [-0.39, 0.29) is 18.1 Å². The third-order valence-electron chi connectivity index (χ3n) is 2.27. The Labute approximate surface area is 78.5 Å². The van der Waals surface area contributed by atoms with Gasteiger partial charge in [0, 0.05) is 0 Å². The molecule has 1 aliphatic rings. The van der Waals surface area contributed by atoms with Crippen LogP contribution in [0.25, 0.3) is 0 Å². The van der Waals surface area contributed by atoms with Gasteiger partial charge in [-0.15, -0.1) is 0 Å². The van der Waals surface area contributed by atoms with E-state index in [2.05, 4.69) is 10.2 Å². The Morgan fingerprint density at radius 1 is 1.46 bits per heavy atom. The van der Waals surface area contributed by atoms with Crippen LogP contribution < -0.4 is 5.48 Å². The van der Waals surface area contributed by atoms with Gasteiger partial charge >= 0.3 is 5.97 Å². The molecule has 1 N–H and O–H groups in total. The first-order valence-electron chi connectivity index (χ1n) is 4.73. The third-order valence-corrected chi connectivity index (χ3v) is 2.27. The van der Waals surface area contributed by atoms with Gasteiger partial charge in [-0.3, -0.25) is 9.63 Å². The van der Waals surface area contributed by atoms with Crippen LogP contribution in [0, 0.1) is 0 Å². The summed E-state index contributed by atoms with van der Waals surface area (Å²) >= 11 is 0. The summed E-state index contributed by atoms with van der Waals surface area (Å²) in [5, 5.41) is 0. The summed E-state index contributed by atoms with van der Waals surface area (Å²) in [4.78, 5) is 16.3. The van der Waals surface area contributed by atoms with E-state index in [1.165, 1.54) is 20.0 Å². The Bertz CT molecular complexity index is 166. The molecule has 0 heterocycles. The quantitative estimate of drug-likeness (QED) is 0.527. The molecular formula is C9H17NO3.